The average Bonchev–Trinajstić information content (AvgIpc) is 2.66. The molecule has 0 saturated heterocycles. The van der Waals surface area contributed by atoms with Crippen molar-refractivity contribution in [2.24, 2.45) is 5.92 Å². The molecule has 0 aromatic heterocycles. The van der Waals surface area contributed by atoms with Gasteiger partial charge in [0.2, 0.25) is 5.91 Å². The third-order valence-corrected chi connectivity index (χ3v) is 4.03. The van der Waals surface area contributed by atoms with Crippen molar-refractivity contribution in [3.8, 4) is 5.75 Å². The van der Waals surface area contributed by atoms with Gasteiger partial charge in [-0.3, -0.25) is 9.59 Å². The smallest absolute Gasteiger partial charge is 0.262 e. The molecule has 0 aliphatic heterocycles. The van der Waals surface area contributed by atoms with E-state index >= 15 is 0 Å². The summed E-state index contributed by atoms with van der Waals surface area (Å²) in [5.41, 5.74) is 1.24. The molecule has 2 amide bonds. The normalized spacial score (nSPS) is 10.6. The monoisotopic (exact) mass is 362 g/mol. The van der Waals surface area contributed by atoms with Crippen molar-refractivity contribution < 1.29 is 14.3 Å². The summed E-state index contributed by atoms with van der Waals surface area (Å²) in [6.45, 7) is 3.55. The number of amides is 2. The SMILES string of the molecule is CC(C)C(=O)Nc1cccc(NC(=O)COc2ccc3ccccc3c2)c1. The van der Waals surface area contributed by atoms with Crippen molar-refractivity contribution in [2.45, 2.75) is 13.8 Å². The lowest BCUT2D eigenvalue weighted by molar-refractivity contribution is -0.119. The number of carbonyl (C=O) groups is 2. The van der Waals surface area contributed by atoms with Gasteiger partial charge in [0, 0.05) is 17.3 Å². The first-order valence-corrected chi connectivity index (χ1v) is 8.83. The van der Waals surface area contributed by atoms with Crippen LogP contribution in [0.4, 0.5) is 11.4 Å². The van der Waals surface area contributed by atoms with Gasteiger partial charge in [-0.05, 0) is 41.1 Å². The van der Waals surface area contributed by atoms with E-state index in [1.54, 1.807) is 24.3 Å². The van der Waals surface area contributed by atoms with Gasteiger partial charge in [-0.1, -0.05) is 50.2 Å². The molecule has 0 aliphatic carbocycles. The molecule has 0 spiro atoms. The first-order valence-electron chi connectivity index (χ1n) is 8.83. The fraction of sp³-hybridized carbons (Fsp3) is 0.182. The molecule has 0 bridgehead atoms. The van der Waals surface area contributed by atoms with Crippen molar-refractivity contribution >= 4 is 34.0 Å². The minimum Gasteiger partial charge on any atom is -0.484 e. The molecule has 0 heterocycles. The van der Waals surface area contributed by atoms with Gasteiger partial charge >= 0.3 is 0 Å². The van der Waals surface area contributed by atoms with Crippen LogP contribution in [0.15, 0.2) is 66.7 Å². The van der Waals surface area contributed by atoms with Crippen LogP contribution >= 0.6 is 0 Å². The first kappa shape index (κ1) is 18.5. The predicted octanol–water partition coefficient (Wildman–Crippen LogP) is 4.45. The maximum atomic E-state index is 12.2. The number of nitrogens with one attached hydrogen (secondary N) is 2. The second-order valence-corrected chi connectivity index (χ2v) is 6.57. The van der Waals surface area contributed by atoms with Crippen LogP contribution < -0.4 is 15.4 Å². The minimum atomic E-state index is -0.268. The van der Waals surface area contributed by atoms with Crippen LogP contribution in [0.2, 0.25) is 0 Å². The maximum absolute atomic E-state index is 12.2. The van der Waals surface area contributed by atoms with E-state index in [0.29, 0.717) is 17.1 Å². The molecule has 3 rings (SSSR count). The van der Waals surface area contributed by atoms with Gasteiger partial charge < -0.3 is 15.4 Å². The molecule has 3 aromatic carbocycles. The fourth-order valence-corrected chi connectivity index (χ4v) is 2.56. The quantitative estimate of drug-likeness (QED) is 0.681. The highest BCUT2D eigenvalue weighted by molar-refractivity contribution is 5.95. The summed E-state index contributed by atoms with van der Waals surface area (Å²) in [6, 6.07) is 20.7. The highest BCUT2D eigenvalue weighted by atomic mass is 16.5. The predicted molar refractivity (Wildman–Crippen MR) is 108 cm³/mol. The van der Waals surface area contributed by atoms with Crippen molar-refractivity contribution in [2.75, 3.05) is 17.2 Å². The Balaban J connectivity index is 1.58. The van der Waals surface area contributed by atoms with Crippen LogP contribution in [0.1, 0.15) is 13.8 Å². The Hall–Kier alpha value is -3.34. The summed E-state index contributed by atoms with van der Waals surface area (Å²) in [5.74, 6) is 0.189. The third-order valence-electron chi connectivity index (χ3n) is 4.03. The zero-order chi connectivity index (χ0) is 19.2. The molecule has 0 unspecified atom stereocenters. The van der Waals surface area contributed by atoms with Gasteiger partial charge in [0.1, 0.15) is 5.75 Å². The lowest BCUT2D eigenvalue weighted by Crippen LogP contribution is -2.21. The number of benzene rings is 3. The zero-order valence-electron chi connectivity index (χ0n) is 15.4. The summed E-state index contributed by atoms with van der Waals surface area (Å²) in [5, 5.41) is 7.76. The number of carbonyl (C=O) groups excluding carboxylic acids is 2. The molecule has 138 valence electrons. The van der Waals surface area contributed by atoms with E-state index in [2.05, 4.69) is 10.6 Å². The van der Waals surface area contributed by atoms with E-state index in [1.807, 2.05) is 56.3 Å². The van der Waals surface area contributed by atoms with Crippen molar-refractivity contribution in [1.82, 2.24) is 0 Å². The minimum absolute atomic E-state index is 0.0712. The van der Waals surface area contributed by atoms with Gasteiger partial charge in [-0.25, -0.2) is 0 Å². The molecule has 5 heteroatoms. The van der Waals surface area contributed by atoms with Crippen molar-refractivity contribution in [1.29, 1.82) is 0 Å². The van der Waals surface area contributed by atoms with Gasteiger partial charge in [0.15, 0.2) is 6.61 Å². The molecule has 27 heavy (non-hydrogen) atoms. The number of hydrogen-bond acceptors (Lipinski definition) is 3. The molecule has 2 N–H and O–H groups in total. The molecular weight excluding hydrogens is 340 g/mol. The van der Waals surface area contributed by atoms with Crippen LogP contribution in [-0.4, -0.2) is 18.4 Å². The second-order valence-electron chi connectivity index (χ2n) is 6.57. The molecule has 0 atom stereocenters. The van der Waals surface area contributed by atoms with Crippen LogP contribution in [-0.2, 0) is 9.59 Å². The summed E-state index contributed by atoms with van der Waals surface area (Å²) >= 11 is 0. The number of fused-ring (bicyclic) bond motifs is 1. The summed E-state index contributed by atoms with van der Waals surface area (Å²) in [6.07, 6.45) is 0. The Labute approximate surface area is 158 Å². The lowest BCUT2D eigenvalue weighted by atomic mass is 10.1. The van der Waals surface area contributed by atoms with Crippen LogP contribution in [0, 0.1) is 5.92 Å². The van der Waals surface area contributed by atoms with Crippen LogP contribution in [0.5, 0.6) is 5.75 Å². The van der Waals surface area contributed by atoms with Crippen molar-refractivity contribution in [3.63, 3.8) is 0 Å². The topological polar surface area (TPSA) is 67.4 Å². The summed E-state index contributed by atoms with van der Waals surface area (Å²) in [7, 11) is 0. The summed E-state index contributed by atoms with van der Waals surface area (Å²) in [4.78, 5) is 23.9. The Bertz CT molecular complexity index is 966. The van der Waals surface area contributed by atoms with Crippen LogP contribution in [0.3, 0.4) is 0 Å². The van der Waals surface area contributed by atoms with Crippen LogP contribution in [0.25, 0.3) is 10.8 Å². The largest absolute Gasteiger partial charge is 0.484 e. The Morgan fingerprint density at radius 1 is 0.852 bits per heavy atom. The highest BCUT2D eigenvalue weighted by Gasteiger charge is 2.09. The zero-order valence-corrected chi connectivity index (χ0v) is 15.4. The molecule has 0 saturated carbocycles. The van der Waals surface area contributed by atoms with Gasteiger partial charge in [0.05, 0.1) is 0 Å². The second kappa shape index (κ2) is 8.36. The van der Waals surface area contributed by atoms with Crippen molar-refractivity contribution in [3.05, 3.63) is 66.7 Å². The third kappa shape index (κ3) is 5.07. The number of ether oxygens (including phenoxy) is 1. The van der Waals surface area contributed by atoms with E-state index in [9.17, 15) is 9.59 Å². The Morgan fingerprint density at radius 2 is 1.56 bits per heavy atom. The molecular formula is C22H22N2O3. The number of rotatable bonds is 6. The standard InChI is InChI=1S/C22H22N2O3/c1-15(2)22(26)24-19-9-5-8-18(13-19)23-21(25)14-27-20-11-10-16-6-3-4-7-17(16)12-20/h3-13,15H,14H2,1-2H3,(H,23,25)(H,24,26). The highest BCUT2D eigenvalue weighted by Crippen LogP contribution is 2.21. The molecule has 0 radical (unpaired) electrons. The molecule has 5 nitrogen and oxygen atoms in total. The van der Waals surface area contributed by atoms with E-state index in [0.717, 1.165) is 10.8 Å². The van der Waals surface area contributed by atoms with E-state index in [1.165, 1.54) is 0 Å². The van der Waals surface area contributed by atoms with Gasteiger partial charge in [0.25, 0.3) is 5.91 Å². The summed E-state index contributed by atoms with van der Waals surface area (Å²) < 4.78 is 5.59. The first-order chi connectivity index (χ1) is 13.0. The van der Waals surface area contributed by atoms with Gasteiger partial charge in [-0.2, -0.15) is 0 Å². The number of anilines is 2. The molecule has 3 aromatic rings. The molecule has 0 aliphatic rings. The average molecular weight is 362 g/mol. The molecule has 0 fully saturated rings. The maximum Gasteiger partial charge on any atom is 0.262 e. The number of hydrogen-bond donors (Lipinski definition) is 2. The lowest BCUT2D eigenvalue weighted by Gasteiger charge is -2.11. The van der Waals surface area contributed by atoms with E-state index in [-0.39, 0.29) is 24.3 Å². The Morgan fingerprint density at radius 3 is 2.30 bits per heavy atom. The Kier molecular flexibility index (Phi) is 5.71. The van der Waals surface area contributed by atoms with E-state index < -0.39 is 0 Å². The fourth-order valence-electron chi connectivity index (χ4n) is 2.56. The van der Waals surface area contributed by atoms with Gasteiger partial charge in [-0.15, -0.1) is 0 Å². The van der Waals surface area contributed by atoms with E-state index in [4.69, 9.17) is 4.74 Å².